The number of carboxylic acids is 1. The van der Waals surface area contributed by atoms with E-state index < -0.39 is 12.6 Å². The molecule has 3 aromatic carbocycles. The van der Waals surface area contributed by atoms with E-state index in [2.05, 4.69) is 5.32 Å². The van der Waals surface area contributed by atoms with E-state index in [1.165, 1.54) is 0 Å². The van der Waals surface area contributed by atoms with Gasteiger partial charge in [-0.25, -0.2) is 9.59 Å². The molecule has 0 bridgehead atoms. The van der Waals surface area contributed by atoms with Crippen molar-refractivity contribution in [1.29, 1.82) is 0 Å². The van der Waals surface area contributed by atoms with Crippen LogP contribution in [0.25, 0.3) is 21.8 Å². The monoisotopic (exact) mass is 374 g/mol. The third kappa shape index (κ3) is 3.40. The van der Waals surface area contributed by atoms with Crippen LogP contribution in [0.15, 0.2) is 72.8 Å². The molecule has 0 aliphatic heterocycles. The summed E-state index contributed by atoms with van der Waals surface area (Å²) in [4.78, 5) is 23.7. The SMILES string of the molecule is O=C(O)COc1ccc2c(c1)c1ccccc1n2C(=O)NCc1ccccc1. The minimum Gasteiger partial charge on any atom is -0.482 e. The van der Waals surface area contributed by atoms with Crippen LogP contribution in [0.3, 0.4) is 0 Å². The van der Waals surface area contributed by atoms with Crippen molar-refractivity contribution in [2.24, 2.45) is 0 Å². The molecule has 2 N–H and O–H groups in total. The number of aromatic nitrogens is 1. The molecule has 0 saturated carbocycles. The first-order valence-corrected chi connectivity index (χ1v) is 8.83. The number of nitrogens with one attached hydrogen (secondary N) is 1. The topological polar surface area (TPSA) is 80.6 Å². The summed E-state index contributed by atoms with van der Waals surface area (Å²) in [6, 6.07) is 22.3. The highest BCUT2D eigenvalue weighted by Gasteiger charge is 2.16. The molecule has 1 amide bonds. The molecule has 4 aromatic rings. The minimum atomic E-state index is -1.04. The van der Waals surface area contributed by atoms with Gasteiger partial charge in [0.1, 0.15) is 5.75 Å². The van der Waals surface area contributed by atoms with E-state index >= 15 is 0 Å². The predicted molar refractivity (Wildman–Crippen MR) is 107 cm³/mol. The van der Waals surface area contributed by atoms with E-state index in [9.17, 15) is 9.59 Å². The van der Waals surface area contributed by atoms with Crippen LogP contribution in [-0.2, 0) is 11.3 Å². The summed E-state index contributed by atoms with van der Waals surface area (Å²) in [5.41, 5.74) is 2.52. The van der Waals surface area contributed by atoms with Crippen molar-refractivity contribution in [1.82, 2.24) is 9.88 Å². The average molecular weight is 374 g/mol. The van der Waals surface area contributed by atoms with Gasteiger partial charge in [-0.05, 0) is 29.8 Å². The number of ether oxygens (including phenoxy) is 1. The lowest BCUT2D eigenvalue weighted by atomic mass is 10.1. The fourth-order valence-electron chi connectivity index (χ4n) is 3.26. The highest BCUT2D eigenvalue weighted by molar-refractivity contribution is 6.13. The fraction of sp³-hybridized carbons (Fsp3) is 0.0909. The Kier molecular flexibility index (Phi) is 4.68. The van der Waals surface area contributed by atoms with E-state index in [4.69, 9.17) is 9.84 Å². The van der Waals surface area contributed by atoms with Crippen LogP contribution in [-0.4, -0.2) is 28.3 Å². The normalized spacial score (nSPS) is 10.9. The van der Waals surface area contributed by atoms with Crippen LogP contribution < -0.4 is 10.1 Å². The maximum absolute atomic E-state index is 12.9. The number of fused-ring (bicyclic) bond motifs is 3. The van der Waals surface area contributed by atoms with Crippen LogP contribution in [0.4, 0.5) is 4.79 Å². The quantitative estimate of drug-likeness (QED) is 0.553. The summed E-state index contributed by atoms with van der Waals surface area (Å²) in [6.45, 7) is 0.00912. The van der Waals surface area contributed by atoms with Crippen molar-refractivity contribution in [3.05, 3.63) is 78.4 Å². The van der Waals surface area contributed by atoms with Gasteiger partial charge in [-0.3, -0.25) is 4.57 Å². The van der Waals surface area contributed by atoms with Gasteiger partial charge in [-0.2, -0.15) is 0 Å². The second-order valence-electron chi connectivity index (χ2n) is 6.36. The Morgan fingerprint density at radius 3 is 2.39 bits per heavy atom. The molecule has 4 rings (SSSR count). The molecule has 1 aromatic heterocycles. The molecule has 0 saturated heterocycles. The summed E-state index contributed by atoms with van der Waals surface area (Å²) >= 11 is 0. The maximum atomic E-state index is 12.9. The molecule has 1 heterocycles. The number of rotatable bonds is 5. The lowest BCUT2D eigenvalue weighted by molar-refractivity contribution is -0.139. The number of hydrogen-bond donors (Lipinski definition) is 2. The number of para-hydroxylation sites is 1. The molecular formula is C22H18N2O4. The van der Waals surface area contributed by atoms with Gasteiger partial charge in [-0.15, -0.1) is 0 Å². The molecule has 6 nitrogen and oxygen atoms in total. The first kappa shape index (κ1) is 17.6. The summed E-state index contributed by atoms with van der Waals surface area (Å²) in [6.07, 6.45) is 0. The van der Waals surface area contributed by atoms with E-state index in [0.29, 0.717) is 12.3 Å². The Balaban J connectivity index is 1.72. The highest BCUT2D eigenvalue weighted by Crippen LogP contribution is 2.31. The van der Waals surface area contributed by atoms with Crippen LogP contribution in [0.5, 0.6) is 5.75 Å². The zero-order valence-electron chi connectivity index (χ0n) is 15.0. The average Bonchev–Trinajstić information content (AvgIpc) is 3.05. The van der Waals surface area contributed by atoms with Gasteiger partial charge in [0.2, 0.25) is 0 Å². The van der Waals surface area contributed by atoms with Crippen LogP contribution in [0, 0.1) is 0 Å². The largest absolute Gasteiger partial charge is 0.482 e. The maximum Gasteiger partial charge on any atom is 0.341 e. The van der Waals surface area contributed by atoms with Crippen LogP contribution in [0.1, 0.15) is 5.56 Å². The number of amides is 1. The molecule has 28 heavy (non-hydrogen) atoms. The van der Waals surface area contributed by atoms with Gasteiger partial charge in [-0.1, -0.05) is 48.5 Å². The Morgan fingerprint density at radius 1 is 0.893 bits per heavy atom. The van der Waals surface area contributed by atoms with E-state index in [0.717, 1.165) is 27.4 Å². The Labute approximate surface area is 161 Å². The molecule has 0 radical (unpaired) electrons. The Hall–Kier alpha value is -3.80. The van der Waals surface area contributed by atoms with Crippen LogP contribution >= 0.6 is 0 Å². The van der Waals surface area contributed by atoms with Crippen molar-refractivity contribution in [3.8, 4) is 5.75 Å². The second-order valence-corrected chi connectivity index (χ2v) is 6.36. The molecule has 0 spiro atoms. The van der Waals surface area contributed by atoms with Gasteiger partial charge in [0.15, 0.2) is 6.61 Å². The van der Waals surface area contributed by atoms with Gasteiger partial charge < -0.3 is 15.2 Å². The van der Waals surface area contributed by atoms with E-state index in [-0.39, 0.29) is 6.03 Å². The highest BCUT2D eigenvalue weighted by atomic mass is 16.5. The molecule has 6 heteroatoms. The molecule has 0 aliphatic carbocycles. The van der Waals surface area contributed by atoms with E-state index in [1.807, 2.05) is 54.6 Å². The molecule has 0 atom stereocenters. The van der Waals surface area contributed by atoms with Gasteiger partial charge in [0, 0.05) is 17.3 Å². The minimum absolute atomic E-state index is 0.228. The van der Waals surface area contributed by atoms with Crippen molar-refractivity contribution in [2.75, 3.05) is 6.61 Å². The predicted octanol–water partition coefficient (Wildman–Crippen LogP) is 4.02. The van der Waals surface area contributed by atoms with Crippen molar-refractivity contribution >= 4 is 33.8 Å². The third-order valence-electron chi connectivity index (χ3n) is 4.50. The Bertz CT molecular complexity index is 1170. The number of hydrogen-bond acceptors (Lipinski definition) is 3. The first-order chi connectivity index (χ1) is 13.6. The zero-order chi connectivity index (χ0) is 19.5. The van der Waals surface area contributed by atoms with Gasteiger partial charge >= 0.3 is 12.0 Å². The lowest BCUT2D eigenvalue weighted by Gasteiger charge is -2.09. The number of benzene rings is 3. The molecular weight excluding hydrogens is 356 g/mol. The number of carboxylic acid groups (broad SMARTS) is 1. The molecule has 0 fully saturated rings. The molecule has 140 valence electrons. The van der Waals surface area contributed by atoms with Crippen molar-refractivity contribution < 1.29 is 19.4 Å². The smallest absolute Gasteiger partial charge is 0.341 e. The third-order valence-corrected chi connectivity index (χ3v) is 4.50. The van der Waals surface area contributed by atoms with Crippen molar-refractivity contribution in [3.63, 3.8) is 0 Å². The summed E-state index contributed by atoms with van der Waals surface area (Å²) in [5.74, 6) is -0.592. The summed E-state index contributed by atoms with van der Waals surface area (Å²) < 4.78 is 6.92. The fourth-order valence-corrected chi connectivity index (χ4v) is 3.26. The lowest BCUT2D eigenvalue weighted by Crippen LogP contribution is -2.27. The molecule has 0 aliphatic rings. The van der Waals surface area contributed by atoms with E-state index in [1.54, 1.807) is 22.8 Å². The first-order valence-electron chi connectivity index (χ1n) is 8.83. The van der Waals surface area contributed by atoms with Crippen LogP contribution in [0.2, 0.25) is 0 Å². The molecule has 0 unspecified atom stereocenters. The zero-order valence-corrected chi connectivity index (χ0v) is 15.0. The second kappa shape index (κ2) is 7.44. The number of aliphatic carboxylic acids is 1. The number of carbonyl (C=O) groups is 2. The Morgan fingerprint density at radius 2 is 1.61 bits per heavy atom. The number of nitrogens with zero attached hydrogens (tertiary/aromatic N) is 1. The van der Waals surface area contributed by atoms with Crippen molar-refractivity contribution in [2.45, 2.75) is 6.54 Å². The number of carbonyl (C=O) groups excluding carboxylic acids is 1. The van der Waals surface area contributed by atoms with Gasteiger partial charge in [0.05, 0.1) is 11.0 Å². The standard InChI is InChI=1S/C22H18N2O4/c25-21(26)14-28-16-10-11-20-18(12-16)17-8-4-5-9-19(17)24(20)22(27)23-13-15-6-2-1-3-7-15/h1-12H,13-14H2,(H,23,27)(H,25,26). The summed E-state index contributed by atoms with van der Waals surface area (Å²) in [5, 5.41) is 13.5. The van der Waals surface area contributed by atoms with Gasteiger partial charge in [0.25, 0.3) is 0 Å². The summed E-state index contributed by atoms with van der Waals surface area (Å²) in [7, 11) is 0.